The van der Waals surface area contributed by atoms with Crippen molar-refractivity contribution in [1.82, 2.24) is 5.32 Å². The molecule has 1 aliphatic carbocycles. The molecule has 0 saturated heterocycles. The molecule has 5 nitrogen and oxygen atoms in total. The van der Waals surface area contributed by atoms with Crippen molar-refractivity contribution in [2.24, 2.45) is 0 Å². The summed E-state index contributed by atoms with van der Waals surface area (Å²) in [5.74, 6) is 0.554. The van der Waals surface area contributed by atoms with Gasteiger partial charge in [-0.2, -0.15) is 0 Å². The largest absolute Gasteiger partial charge is 0.490 e. The maximum atomic E-state index is 12.5. The van der Waals surface area contributed by atoms with E-state index in [9.17, 15) is 9.59 Å². The first-order valence-electron chi connectivity index (χ1n) is 9.46. The summed E-state index contributed by atoms with van der Waals surface area (Å²) in [4.78, 5) is 23.7. The van der Waals surface area contributed by atoms with Gasteiger partial charge in [-0.1, -0.05) is 12.1 Å². The molecular formula is C22H26N2O3. The van der Waals surface area contributed by atoms with Crippen LogP contribution in [0.3, 0.4) is 0 Å². The van der Waals surface area contributed by atoms with Gasteiger partial charge in [-0.05, 0) is 74.6 Å². The Bertz CT molecular complexity index is 795. The lowest BCUT2D eigenvalue weighted by molar-refractivity contribution is -0.114. The highest BCUT2D eigenvalue weighted by Crippen LogP contribution is 2.24. The Hall–Kier alpha value is -2.82. The second-order valence-corrected chi connectivity index (χ2v) is 7.05. The van der Waals surface area contributed by atoms with Gasteiger partial charge < -0.3 is 15.4 Å². The Labute approximate surface area is 160 Å². The van der Waals surface area contributed by atoms with Crippen LogP contribution in [0.5, 0.6) is 5.75 Å². The third kappa shape index (κ3) is 5.33. The Morgan fingerprint density at radius 2 is 1.78 bits per heavy atom. The molecular weight excluding hydrogens is 340 g/mol. The topological polar surface area (TPSA) is 67.4 Å². The summed E-state index contributed by atoms with van der Waals surface area (Å²) in [6.45, 7) is 3.39. The zero-order valence-electron chi connectivity index (χ0n) is 15.8. The average molecular weight is 366 g/mol. The lowest BCUT2D eigenvalue weighted by Crippen LogP contribution is -2.26. The molecule has 27 heavy (non-hydrogen) atoms. The number of ether oxygens (including phenoxy) is 1. The second kappa shape index (κ2) is 8.71. The molecule has 3 rings (SSSR count). The molecule has 1 saturated carbocycles. The predicted octanol–water partition coefficient (Wildman–Crippen LogP) is 4.46. The van der Waals surface area contributed by atoms with E-state index in [1.807, 2.05) is 43.3 Å². The fourth-order valence-corrected chi connectivity index (χ4v) is 3.34. The van der Waals surface area contributed by atoms with Crippen LogP contribution < -0.4 is 15.4 Å². The number of carbonyl (C=O) groups is 2. The summed E-state index contributed by atoms with van der Waals surface area (Å²) in [6, 6.07) is 14.6. The van der Waals surface area contributed by atoms with Crippen molar-refractivity contribution in [3.63, 3.8) is 0 Å². The van der Waals surface area contributed by atoms with Crippen LogP contribution in [0.2, 0.25) is 0 Å². The maximum absolute atomic E-state index is 12.5. The van der Waals surface area contributed by atoms with Gasteiger partial charge in [-0.25, -0.2) is 0 Å². The van der Waals surface area contributed by atoms with E-state index in [1.54, 1.807) is 12.1 Å². The normalized spacial score (nSPS) is 15.2. The quantitative estimate of drug-likeness (QED) is 0.793. The zero-order chi connectivity index (χ0) is 19.2. The Morgan fingerprint density at radius 1 is 1.07 bits per heavy atom. The van der Waals surface area contributed by atoms with Crippen molar-refractivity contribution in [3.8, 4) is 5.75 Å². The first kappa shape index (κ1) is 19.0. The third-order valence-corrected chi connectivity index (χ3v) is 4.78. The highest BCUT2D eigenvalue weighted by molar-refractivity contribution is 5.94. The minimum atomic E-state index is -0.180. The van der Waals surface area contributed by atoms with Gasteiger partial charge in [-0.15, -0.1) is 0 Å². The van der Waals surface area contributed by atoms with E-state index in [4.69, 9.17) is 4.74 Å². The Balaban J connectivity index is 1.60. The van der Waals surface area contributed by atoms with E-state index in [1.165, 1.54) is 19.8 Å². The molecule has 1 aliphatic rings. The van der Waals surface area contributed by atoms with Gasteiger partial charge in [0.25, 0.3) is 5.91 Å². The zero-order valence-corrected chi connectivity index (χ0v) is 15.8. The summed E-state index contributed by atoms with van der Waals surface area (Å²) in [6.07, 6.45) is 4.98. The lowest BCUT2D eigenvalue weighted by Gasteiger charge is -2.16. The number of carbonyl (C=O) groups excluding carboxylic acids is 2. The van der Waals surface area contributed by atoms with Crippen LogP contribution in [-0.2, 0) is 4.79 Å². The minimum absolute atomic E-state index is 0.122. The number of hydrogen-bond acceptors (Lipinski definition) is 3. The molecule has 2 amide bonds. The molecule has 0 spiro atoms. The number of anilines is 1. The van der Waals surface area contributed by atoms with Crippen molar-refractivity contribution >= 4 is 17.5 Å². The van der Waals surface area contributed by atoms with Crippen molar-refractivity contribution in [2.45, 2.75) is 51.7 Å². The van der Waals surface area contributed by atoms with Gasteiger partial charge in [0.05, 0.1) is 12.1 Å². The molecule has 1 fully saturated rings. The van der Waals surface area contributed by atoms with Crippen molar-refractivity contribution in [2.75, 3.05) is 5.32 Å². The number of nitrogens with one attached hydrogen (secondary N) is 2. The predicted molar refractivity (Wildman–Crippen MR) is 106 cm³/mol. The highest BCUT2D eigenvalue weighted by atomic mass is 16.5. The van der Waals surface area contributed by atoms with Crippen LogP contribution in [0.1, 0.15) is 61.5 Å². The van der Waals surface area contributed by atoms with Gasteiger partial charge in [-0.3, -0.25) is 9.59 Å². The first-order valence-corrected chi connectivity index (χ1v) is 9.46. The molecule has 142 valence electrons. The van der Waals surface area contributed by atoms with Crippen molar-refractivity contribution < 1.29 is 14.3 Å². The molecule has 1 atom stereocenters. The summed E-state index contributed by atoms with van der Waals surface area (Å²) in [7, 11) is 0. The molecule has 0 radical (unpaired) electrons. The molecule has 0 aliphatic heterocycles. The molecule has 2 aromatic rings. The standard InChI is InChI=1S/C22H26N2O3/c1-15(18-6-5-7-19(14-18)24-16(2)25)23-22(26)17-10-12-21(13-11-17)27-20-8-3-4-9-20/h5-7,10-15,20H,3-4,8-9H2,1-2H3,(H,23,26)(H,24,25). The van der Waals surface area contributed by atoms with Crippen molar-refractivity contribution in [3.05, 3.63) is 59.7 Å². The Kier molecular flexibility index (Phi) is 6.12. The third-order valence-electron chi connectivity index (χ3n) is 4.78. The molecule has 2 aromatic carbocycles. The monoisotopic (exact) mass is 366 g/mol. The fraction of sp³-hybridized carbons (Fsp3) is 0.364. The second-order valence-electron chi connectivity index (χ2n) is 7.05. The SMILES string of the molecule is CC(=O)Nc1cccc(C(C)NC(=O)c2ccc(OC3CCCC3)cc2)c1. The van der Waals surface area contributed by atoms with Crippen LogP contribution >= 0.6 is 0 Å². The molecule has 1 unspecified atom stereocenters. The maximum Gasteiger partial charge on any atom is 0.251 e. The van der Waals surface area contributed by atoms with Crippen LogP contribution in [0.15, 0.2) is 48.5 Å². The smallest absolute Gasteiger partial charge is 0.251 e. The first-order chi connectivity index (χ1) is 13.0. The van der Waals surface area contributed by atoms with E-state index in [0.717, 1.165) is 29.8 Å². The Morgan fingerprint density at radius 3 is 2.44 bits per heavy atom. The van der Waals surface area contributed by atoms with E-state index >= 15 is 0 Å². The van der Waals surface area contributed by atoms with Gasteiger partial charge >= 0.3 is 0 Å². The summed E-state index contributed by atoms with van der Waals surface area (Å²) in [5, 5.41) is 5.75. The molecule has 0 aromatic heterocycles. The summed E-state index contributed by atoms with van der Waals surface area (Å²) >= 11 is 0. The van der Waals surface area contributed by atoms with Crippen LogP contribution in [0.25, 0.3) is 0 Å². The molecule has 0 heterocycles. The van der Waals surface area contributed by atoms with Gasteiger partial charge in [0.1, 0.15) is 5.75 Å². The van der Waals surface area contributed by atoms with E-state index in [-0.39, 0.29) is 17.9 Å². The highest BCUT2D eigenvalue weighted by Gasteiger charge is 2.17. The molecule has 0 bridgehead atoms. The van der Waals surface area contributed by atoms with Gasteiger partial charge in [0.2, 0.25) is 5.91 Å². The summed E-state index contributed by atoms with van der Waals surface area (Å²) in [5.41, 5.74) is 2.24. The van der Waals surface area contributed by atoms with Crippen LogP contribution in [-0.4, -0.2) is 17.9 Å². The summed E-state index contributed by atoms with van der Waals surface area (Å²) < 4.78 is 5.94. The lowest BCUT2D eigenvalue weighted by atomic mass is 10.1. The van der Waals surface area contributed by atoms with E-state index in [0.29, 0.717) is 11.7 Å². The number of amides is 2. The minimum Gasteiger partial charge on any atom is -0.490 e. The number of rotatable bonds is 6. The number of hydrogen-bond donors (Lipinski definition) is 2. The van der Waals surface area contributed by atoms with E-state index < -0.39 is 0 Å². The van der Waals surface area contributed by atoms with Crippen LogP contribution in [0.4, 0.5) is 5.69 Å². The number of benzene rings is 2. The van der Waals surface area contributed by atoms with E-state index in [2.05, 4.69) is 10.6 Å². The fourth-order valence-electron chi connectivity index (χ4n) is 3.34. The molecule has 2 N–H and O–H groups in total. The van der Waals surface area contributed by atoms with Gasteiger partial charge in [0, 0.05) is 18.2 Å². The van der Waals surface area contributed by atoms with Gasteiger partial charge in [0.15, 0.2) is 0 Å². The average Bonchev–Trinajstić information content (AvgIpc) is 3.15. The molecule has 5 heteroatoms. The van der Waals surface area contributed by atoms with Crippen molar-refractivity contribution in [1.29, 1.82) is 0 Å². The van der Waals surface area contributed by atoms with Crippen LogP contribution in [0, 0.1) is 0 Å².